The zero-order chi connectivity index (χ0) is 16.7. The summed E-state index contributed by atoms with van der Waals surface area (Å²) in [5.41, 5.74) is 1.74. The molecule has 0 fully saturated rings. The van der Waals surface area contributed by atoms with E-state index in [0.717, 1.165) is 5.56 Å². The van der Waals surface area contributed by atoms with Gasteiger partial charge in [0.15, 0.2) is 0 Å². The smallest absolute Gasteiger partial charge is 0.337 e. The average molecular weight is 314 g/mol. The van der Waals surface area contributed by atoms with Crippen molar-refractivity contribution >= 4 is 18.0 Å². The van der Waals surface area contributed by atoms with Crippen molar-refractivity contribution in [1.82, 2.24) is 0 Å². The number of hydrogen-bond acceptors (Lipinski definition) is 4. The number of carbonyl (C=O) groups is 2. The van der Waals surface area contributed by atoms with Gasteiger partial charge in [0.1, 0.15) is 12.4 Å². The number of halogens is 1. The van der Waals surface area contributed by atoms with E-state index in [4.69, 9.17) is 4.74 Å². The van der Waals surface area contributed by atoms with E-state index >= 15 is 0 Å². The Balaban J connectivity index is 1.89. The maximum Gasteiger partial charge on any atom is 0.337 e. The number of benzene rings is 2. The zero-order valence-electron chi connectivity index (χ0n) is 12.5. The molecular weight excluding hydrogens is 299 g/mol. The number of esters is 2. The molecule has 0 radical (unpaired) electrons. The molecule has 2 aromatic carbocycles. The Morgan fingerprint density at radius 2 is 1.87 bits per heavy atom. The van der Waals surface area contributed by atoms with Crippen LogP contribution in [0.25, 0.3) is 6.08 Å². The van der Waals surface area contributed by atoms with Gasteiger partial charge >= 0.3 is 11.9 Å². The molecule has 0 unspecified atom stereocenters. The molecule has 5 heteroatoms. The van der Waals surface area contributed by atoms with Gasteiger partial charge in [-0.1, -0.05) is 24.3 Å². The minimum Gasteiger partial charge on any atom is -0.465 e. The van der Waals surface area contributed by atoms with Crippen LogP contribution in [0.5, 0.6) is 0 Å². The van der Waals surface area contributed by atoms with Crippen molar-refractivity contribution in [3.05, 3.63) is 77.1 Å². The molecule has 0 aliphatic rings. The second-order valence-electron chi connectivity index (χ2n) is 4.68. The van der Waals surface area contributed by atoms with E-state index in [1.54, 1.807) is 42.5 Å². The van der Waals surface area contributed by atoms with Crippen molar-refractivity contribution < 1.29 is 23.5 Å². The van der Waals surface area contributed by atoms with Crippen LogP contribution in [0.2, 0.25) is 0 Å². The maximum absolute atomic E-state index is 13.0. The molecular formula is C18H15FO4. The molecule has 0 bridgehead atoms. The number of ether oxygens (including phenoxy) is 2. The van der Waals surface area contributed by atoms with Gasteiger partial charge in [0, 0.05) is 6.08 Å². The lowest BCUT2D eigenvalue weighted by Gasteiger charge is -2.02. The lowest BCUT2D eigenvalue weighted by Crippen LogP contribution is -2.01. The lowest BCUT2D eigenvalue weighted by molar-refractivity contribution is -0.138. The molecule has 0 spiro atoms. The lowest BCUT2D eigenvalue weighted by atomic mass is 10.1. The van der Waals surface area contributed by atoms with Gasteiger partial charge in [-0.05, 0) is 41.5 Å². The molecule has 0 N–H and O–H groups in total. The van der Waals surface area contributed by atoms with E-state index in [2.05, 4.69) is 4.74 Å². The third-order valence-corrected chi connectivity index (χ3v) is 3.01. The monoisotopic (exact) mass is 314 g/mol. The SMILES string of the molecule is COC(=O)c1ccc(/C=C/C(=O)OCc2cccc(F)c2)cc1. The number of hydrogen-bond donors (Lipinski definition) is 0. The molecule has 0 heterocycles. The maximum atomic E-state index is 13.0. The van der Waals surface area contributed by atoms with E-state index in [1.807, 2.05) is 0 Å². The first-order valence-corrected chi connectivity index (χ1v) is 6.86. The topological polar surface area (TPSA) is 52.6 Å². The second-order valence-corrected chi connectivity index (χ2v) is 4.68. The number of methoxy groups -OCH3 is 1. The minimum absolute atomic E-state index is 0.00219. The van der Waals surface area contributed by atoms with E-state index < -0.39 is 11.9 Å². The first-order chi connectivity index (χ1) is 11.1. The molecule has 118 valence electrons. The summed E-state index contributed by atoms with van der Waals surface area (Å²) in [5.74, 6) is -1.33. The minimum atomic E-state index is -0.536. The van der Waals surface area contributed by atoms with Gasteiger partial charge in [0.05, 0.1) is 12.7 Å². The predicted octanol–water partition coefficient (Wildman–Crippen LogP) is 3.37. The van der Waals surface area contributed by atoms with E-state index in [-0.39, 0.29) is 12.4 Å². The van der Waals surface area contributed by atoms with Crippen LogP contribution in [0, 0.1) is 5.82 Å². The van der Waals surface area contributed by atoms with Gasteiger partial charge < -0.3 is 9.47 Å². The van der Waals surface area contributed by atoms with Crippen LogP contribution < -0.4 is 0 Å². The van der Waals surface area contributed by atoms with Crippen LogP contribution in [0.3, 0.4) is 0 Å². The van der Waals surface area contributed by atoms with E-state index in [9.17, 15) is 14.0 Å². The largest absolute Gasteiger partial charge is 0.465 e. The molecule has 2 aromatic rings. The second kappa shape index (κ2) is 7.89. The third kappa shape index (κ3) is 5.07. The summed E-state index contributed by atoms with van der Waals surface area (Å²) in [7, 11) is 1.31. The fourth-order valence-corrected chi connectivity index (χ4v) is 1.84. The Bertz CT molecular complexity index is 720. The third-order valence-electron chi connectivity index (χ3n) is 3.01. The van der Waals surface area contributed by atoms with Crippen LogP contribution in [0.1, 0.15) is 21.5 Å². The molecule has 0 saturated heterocycles. The standard InChI is InChI=1S/C18H15FO4/c1-22-18(21)15-8-5-13(6-9-15)7-10-17(20)23-12-14-3-2-4-16(19)11-14/h2-11H,12H2,1H3/b10-7+. The molecule has 0 aliphatic heterocycles. The van der Waals surface area contributed by atoms with Crippen LogP contribution in [0.4, 0.5) is 4.39 Å². The van der Waals surface area contributed by atoms with Crippen LogP contribution in [-0.4, -0.2) is 19.0 Å². The summed E-state index contributed by atoms with van der Waals surface area (Å²) in [6.45, 7) is 0.00219. The highest BCUT2D eigenvalue weighted by atomic mass is 19.1. The molecule has 0 aromatic heterocycles. The summed E-state index contributed by atoms with van der Waals surface area (Å²) in [6.07, 6.45) is 2.83. The number of rotatable bonds is 5. The summed E-state index contributed by atoms with van der Waals surface area (Å²) >= 11 is 0. The molecule has 0 saturated carbocycles. The Morgan fingerprint density at radius 3 is 2.52 bits per heavy atom. The van der Waals surface area contributed by atoms with Gasteiger partial charge in [-0.15, -0.1) is 0 Å². The van der Waals surface area contributed by atoms with E-state index in [1.165, 1.54) is 25.3 Å². The van der Waals surface area contributed by atoms with E-state index in [0.29, 0.717) is 11.1 Å². The quantitative estimate of drug-likeness (QED) is 0.627. The molecule has 4 nitrogen and oxygen atoms in total. The summed E-state index contributed by atoms with van der Waals surface area (Å²) in [6, 6.07) is 12.4. The fraction of sp³-hybridized carbons (Fsp3) is 0.111. The summed E-state index contributed by atoms with van der Waals surface area (Å²) in [4.78, 5) is 22.9. The summed E-state index contributed by atoms with van der Waals surface area (Å²) < 4.78 is 22.6. The average Bonchev–Trinajstić information content (AvgIpc) is 2.58. The van der Waals surface area contributed by atoms with Gasteiger partial charge in [-0.3, -0.25) is 0 Å². The van der Waals surface area contributed by atoms with Crippen LogP contribution in [-0.2, 0) is 20.9 Å². The molecule has 0 aliphatic carbocycles. The Morgan fingerprint density at radius 1 is 1.13 bits per heavy atom. The van der Waals surface area contributed by atoms with Gasteiger partial charge in [-0.2, -0.15) is 0 Å². The molecule has 0 atom stereocenters. The van der Waals surface area contributed by atoms with Crippen LogP contribution >= 0.6 is 0 Å². The Labute approximate surface area is 133 Å². The fourth-order valence-electron chi connectivity index (χ4n) is 1.84. The molecule has 23 heavy (non-hydrogen) atoms. The zero-order valence-corrected chi connectivity index (χ0v) is 12.5. The van der Waals surface area contributed by atoms with Crippen molar-refractivity contribution in [1.29, 1.82) is 0 Å². The highest BCUT2D eigenvalue weighted by Gasteiger charge is 2.04. The highest BCUT2D eigenvalue weighted by molar-refractivity contribution is 5.90. The van der Waals surface area contributed by atoms with Crippen molar-refractivity contribution in [2.24, 2.45) is 0 Å². The Hall–Kier alpha value is -2.95. The molecule has 2 rings (SSSR count). The van der Waals surface area contributed by atoms with Crippen molar-refractivity contribution in [2.45, 2.75) is 6.61 Å². The van der Waals surface area contributed by atoms with Gasteiger partial charge in [0.25, 0.3) is 0 Å². The molecule has 0 amide bonds. The highest BCUT2D eigenvalue weighted by Crippen LogP contribution is 2.08. The van der Waals surface area contributed by atoms with Crippen molar-refractivity contribution in [2.75, 3.05) is 7.11 Å². The predicted molar refractivity (Wildman–Crippen MR) is 83.0 cm³/mol. The van der Waals surface area contributed by atoms with Gasteiger partial charge in [0.2, 0.25) is 0 Å². The van der Waals surface area contributed by atoms with Crippen LogP contribution in [0.15, 0.2) is 54.6 Å². The van der Waals surface area contributed by atoms with Crippen molar-refractivity contribution in [3.8, 4) is 0 Å². The van der Waals surface area contributed by atoms with Gasteiger partial charge in [-0.25, -0.2) is 14.0 Å². The number of carbonyl (C=O) groups excluding carboxylic acids is 2. The van der Waals surface area contributed by atoms with Crippen molar-refractivity contribution in [3.63, 3.8) is 0 Å². The summed E-state index contributed by atoms with van der Waals surface area (Å²) in [5, 5.41) is 0. The Kier molecular flexibility index (Phi) is 5.63. The first kappa shape index (κ1) is 16.4. The normalized spacial score (nSPS) is 10.5. The first-order valence-electron chi connectivity index (χ1n) is 6.86.